The molecule has 1 amide bonds. The van der Waals surface area contributed by atoms with Gasteiger partial charge >= 0.3 is 12.1 Å². The van der Waals surface area contributed by atoms with Gasteiger partial charge in [0.1, 0.15) is 17.0 Å². The van der Waals surface area contributed by atoms with E-state index in [2.05, 4.69) is 21.2 Å². The molecule has 0 saturated carbocycles. The quantitative estimate of drug-likeness (QED) is 0.707. The maximum absolute atomic E-state index is 14.3. The third-order valence-corrected chi connectivity index (χ3v) is 4.77. The molecule has 1 aliphatic heterocycles. The number of methoxy groups -OCH3 is 1. The third kappa shape index (κ3) is 6.09. The van der Waals surface area contributed by atoms with Crippen molar-refractivity contribution >= 4 is 33.7 Å². The van der Waals surface area contributed by atoms with E-state index in [0.717, 1.165) is 12.8 Å². The molecular weight excluding hydrogens is 419 g/mol. The summed E-state index contributed by atoms with van der Waals surface area (Å²) in [6, 6.07) is 2.99. The third-order valence-electron chi connectivity index (χ3n) is 4.31. The monoisotopic (exact) mass is 444 g/mol. The number of nitrogens with one attached hydrogen (secondary N) is 1. The van der Waals surface area contributed by atoms with Crippen LogP contribution in [-0.2, 0) is 9.47 Å². The van der Waals surface area contributed by atoms with Gasteiger partial charge in [-0.3, -0.25) is 0 Å². The van der Waals surface area contributed by atoms with Gasteiger partial charge in [-0.25, -0.2) is 14.0 Å². The Bertz CT molecular complexity index is 698. The highest BCUT2D eigenvalue weighted by molar-refractivity contribution is 9.10. The van der Waals surface area contributed by atoms with E-state index in [0.29, 0.717) is 35.7 Å². The fraction of sp³-hybridized carbons (Fsp3) is 0.579. The summed E-state index contributed by atoms with van der Waals surface area (Å²) >= 11 is 3.28. The van der Waals surface area contributed by atoms with Gasteiger partial charge in [-0.1, -0.05) is 15.9 Å². The first-order valence-corrected chi connectivity index (χ1v) is 9.69. The first-order chi connectivity index (χ1) is 12.6. The van der Waals surface area contributed by atoms with Crippen LogP contribution < -0.4 is 10.2 Å². The lowest BCUT2D eigenvalue weighted by Gasteiger charge is -2.34. The largest absolute Gasteiger partial charge is 0.465 e. The molecule has 1 aromatic rings. The topological polar surface area (TPSA) is 67.9 Å². The SMILES string of the molecule is COC(=O)c1c(F)cc(Br)cc1N1CCC(CNC(=O)OC(C)(C)C)CC1. The highest BCUT2D eigenvalue weighted by Gasteiger charge is 2.27. The number of hydrogen-bond donors (Lipinski definition) is 1. The van der Waals surface area contributed by atoms with Crippen LogP contribution in [0.2, 0.25) is 0 Å². The molecule has 1 N–H and O–H groups in total. The van der Waals surface area contributed by atoms with Crippen molar-refractivity contribution in [3.63, 3.8) is 0 Å². The van der Waals surface area contributed by atoms with Crippen molar-refractivity contribution in [1.29, 1.82) is 0 Å². The number of rotatable bonds is 4. The second-order valence-corrected chi connectivity index (χ2v) is 8.50. The minimum atomic E-state index is -0.691. The number of benzene rings is 1. The predicted molar refractivity (Wildman–Crippen MR) is 105 cm³/mol. The molecule has 0 unspecified atom stereocenters. The molecule has 1 fully saturated rings. The summed E-state index contributed by atoms with van der Waals surface area (Å²) in [5, 5.41) is 2.80. The van der Waals surface area contributed by atoms with Gasteiger partial charge in [0.25, 0.3) is 0 Å². The number of piperidine rings is 1. The highest BCUT2D eigenvalue weighted by Crippen LogP contribution is 2.31. The molecule has 1 aromatic carbocycles. The van der Waals surface area contributed by atoms with Crippen molar-refractivity contribution < 1.29 is 23.5 Å². The Kier molecular flexibility index (Phi) is 7.08. The molecule has 2 rings (SSSR count). The lowest BCUT2D eigenvalue weighted by atomic mass is 9.96. The molecule has 0 aromatic heterocycles. The van der Waals surface area contributed by atoms with Crippen LogP contribution >= 0.6 is 15.9 Å². The summed E-state index contributed by atoms with van der Waals surface area (Å²) in [6.07, 6.45) is 1.20. The molecule has 1 saturated heterocycles. The van der Waals surface area contributed by atoms with Crippen LogP contribution in [-0.4, -0.2) is 44.4 Å². The number of esters is 1. The smallest absolute Gasteiger partial charge is 0.407 e. The molecule has 1 aliphatic rings. The van der Waals surface area contributed by atoms with E-state index in [1.165, 1.54) is 13.2 Å². The zero-order chi connectivity index (χ0) is 20.2. The highest BCUT2D eigenvalue weighted by atomic mass is 79.9. The van der Waals surface area contributed by atoms with E-state index in [1.54, 1.807) is 6.07 Å². The second kappa shape index (κ2) is 8.91. The number of alkyl carbamates (subject to hydrolysis) is 1. The lowest BCUT2D eigenvalue weighted by molar-refractivity contribution is 0.0515. The molecule has 0 aliphatic carbocycles. The minimum absolute atomic E-state index is 0.0500. The Morgan fingerprint density at radius 3 is 2.48 bits per heavy atom. The molecule has 0 spiro atoms. The zero-order valence-corrected chi connectivity index (χ0v) is 17.7. The molecule has 6 nitrogen and oxygen atoms in total. The van der Waals surface area contributed by atoms with E-state index in [9.17, 15) is 14.0 Å². The maximum Gasteiger partial charge on any atom is 0.407 e. The molecule has 27 heavy (non-hydrogen) atoms. The molecule has 150 valence electrons. The van der Waals surface area contributed by atoms with Crippen LogP contribution in [0.3, 0.4) is 0 Å². The van der Waals surface area contributed by atoms with Crippen LogP contribution in [0, 0.1) is 11.7 Å². The maximum atomic E-state index is 14.3. The number of hydrogen-bond acceptors (Lipinski definition) is 5. The zero-order valence-electron chi connectivity index (χ0n) is 16.1. The summed E-state index contributed by atoms with van der Waals surface area (Å²) in [5.41, 5.74) is -0.0546. The van der Waals surface area contributed by atoms with Crippen LogP contribution in [0.15, 0.2) is 16.6 Å². The van der Waals surface area contributed by atoms with Gasteiger partial charge in [-0.2, -0.15) is 0 Å². The minimum Gasteiger partial charge on any atom is -0.465 e. The molecule has 0 atom stereocenters. The van der Waals surface area contributed by atoms with Gasteiger partial charge in [0, 0.05) is 24.1 Å². The van der Waals surface area contributed by atoms with Gasteiger partial charge in [0.15, 0.2) is 0 Å². The second-order valence-electron chi connectivity index (χ2n) is 7.59. The van der Waals surface area contributed by atoms with E-state index in [-0.39, 0.29) is 5.56 Å². The van der Waals surface area contributed by atoms with E-state index in [4.69, 9.17) is 9.47 Å². The van der Waals surface area contributed by atoms with Gasteiger partial charge in [-0.15, -0.1) is 0 Å². The standard InChI is InChI=1S/C19H26BrFN2O4/c1-19(2,3)27-18(25)22-11-12-5-7-23(8-6-12)15-10-13(20)9-14(21)16(15)17(24)26-4/h9-10,12H,5-8,11H2,1-4H3,(H,22,25). The Morgan fingerprint density at radius 1 is 1.30 bits per heavy atom. The van der Waals surface area contributed by atoms with Crippen molar-refractivity contribution in [2.45, 2.75) is 39.2 Å². The summed E-state index contributed by atoms with van der Waals surface area (Å²) in [4.78, 5) is 25.7. The van der Waals surface area contributed by atoms with E-state index >= 15 is 0 Å². The number of halogens is 2. The van der Waals surface area contributed by atoms with Crippen LogP contribution in [0.1, 0.15) is 44.0 Å². The van der Waals surface area contributed by atoms with Gasteiger partial charge < -0.3 is 19.7 Å². The Labute approximate surface area is 167 Å². The van der Waals surface area contributed by atoms with E-state index in [1.807, 2.05) is 25.7 Å². The number of anilines is 1. The van der Waals surface area contributed by atoms with Crippen LogP contribution in [0.5, 0.6) is 0 Å². The van der Waals surface area contributed by atoms with Gasteiger partial charge in [0.2, 0.25) is 0 Å². The fourth-order valence-corrected chi connectivity index (χ4v) is 3.45. The van der Waals surface area contributed by atoms with E-state index < -0.39 is 23.5 Å². The first kappa shape index (κ1) is 21.5. The summed E-state index contributed by atoms with van der Waals surface area (Å²) < 4.78 is 24.8. The van der Waals surface area contributed by atoms with Gasteiger partial charge in [0.05, 0.1) is 12.8 Å². The average Bonchev–Trinajstić information content (AvgIpc) is 2.57. The Balaban J connectivity index is 1.98. The number of nitrogens with zero attached hydrogens (tertiary/aromatic N) is 1. The molecule has 0 radical (unpaired) electrons. The van der Waals surface area contributed by atoms with Crippen molar-refractivity contribution in [1.82, 2.24) is 5.32 Å². The first-order valence-electron chi connectivity index (χ1n) is 8.90. The molecule has 0 bridgehead atoms. The number of carbonyl (C=O) groups is 2. The van der Waals surface area contributed by atoms with Crippen molar-refractivity contribution in [2.75, 3.05) is 31.6 Å². The van der Waals surface area contributed by atoms with Crippen molar-refractivity contribution in [3.8, 4) is 0 Å². The Morgan fingerprint density at radius 2 is 1.93 bits per heavy atom. The van der Waals surface area contributed by atoms with Crippen molar-refractivity contribution in [3.05, 3.63) is 28.0 Å². The number of carbonyl (C=O) groups excluding carboxylic acids is 2. The molecular formula is C19H26BrFN2O4. The van der Waals surface area contributed by atoms with Crippen LogP contribution in [0.4, 0.5) is 14.9 Å². The summed E-state index contributed by atoms with van der Waals surface area (Å²) in [5.74, 6) is -1.00. The number of ether oxygens (including phenoxy) is 2. The summed E-state index contributed by atoms with van der Waals surface area (Å²) in [6.45, 7) is 7.30. The van der Waals surface area contributed by atoms with Gasteiger partial charge in [-0.05, 0) is 51.7 Å². The summed E-state index contributed by atoms with van der Waals surface area (Å²) in [7, 11) is 1.24. The molecule has 1 heterocycles. The average molecular weight is 445 g/mol. The van der Waals surface area contributed by atoms with Crippen LogP contribution in [0.25, 0.3) is 0 Å². The molecule has 8 heteroatoms. The number of amides is 1. The fourth-order valence-electron chi connectivity index (χ4n) is 3.03. The Hall–Kier alpha value is -1.83. The lowest BCUT2D eigenvalue weighted by Crippen LogP contribution is -2.40. The predicted octanol–water partition coefficient (Wildman–Crippen LogP) is 4.12. The van der Waals surface area contributed by atoms with Crippen molar-refractivity contribution in [2.24, 2.45) is 5.92 Å². The normalized spacial score (nSPS) is 15.4.